The Morgan fingerprint density at radius 3 is 2.36 bits per heavy atom. The maximum Gasteiger partial charge on any atom is 0.255 e. The largest absolute Gasteiger partial charge is 0.379 e. The maximum absolute atomic E-state index is 16.2. The van der Waals surface area contributed by atoms with Gasteiger partial charge in [0, 0.05) is 77.8 Å². The topological polar surface area (TPSA) is 189 Å². The molecule has 4 aliphatic heterocycles. The van der Waals surface area contributed by atoms with Crippen LogP contribution in [0.2, 0.25) is 10.0 Å². The fourth-order valence-corrected chi connectivity index (χ4v) is 11.6. The summed E-state index contributed by atoms with van der Waals surface area (Å²) in [6.45, 7) is 1.24. The van der Waals surface area contributed by atoms with Gasteiger partial charge in [-0.15, -0.1) is 0 Å². The fraction of sp³-hybridized carbons (Fsp3) is 0.404. The normalized spacial score (nSPS) is 22.4. The van der Waals surface area contributed by atoms with E-state index in [9.17, 15) is 33.6 Å². The number of anilines is 2. The van der Waals surface area contributed by atoms with Crippen LogP contribution in [0.1, 0.15) is 113 Å². The summed E-state index contributed by atoms with van der Waals surface area (Å²) < 4.78 is 27.5. The summed E-state index contributed by atoms with van der Waals surface area (Å²) in [6.07, 6.45) is 5.15. The number of hydrogen-bond acceptors (Lipinski definition) is 10. The van der Waals surface area contributed by atoms with Crippen molar-refractivity contribution in [3.8, 4) is 0 Å². The number of nitrogens with one attached hydrogen (secondary N) is 4. The van der Waals surface area contributed by atoms with E-state index in [-0.39, 0.29) is 98.3 Å². The zero-order chi connectivity index (χ0) is 48.5. The Kier molecular flexibility index (Phi) is 14.1. The lowest BCUT2D eigenvalue weighted by molar-refractivity contribution is -0.137. The molecule has 2 saturated heterocycles. The number of piperidine rings is 1. The van der Waals surface area contributed by atoms with Gasteiger partial charge >= 0.3 is 0 Å². The van der Waals surface area contributed by atoms with Crippen molar-refractivity contribution in [2.75, 3.05) is 37.1 Å². The van der Waals surface area contributed by atoms with Crippen LogP contribution in [0, 0.1) is 5.82 Å². The van der Waals surface area contributed by atoms with E-state index >= 15 is 4.39 Å². The Morgan fingerprint density at radius 1 is 0.841 bits per heavy atom. The number of nitrogens with zero attached hydrogens (tertiary/aromatic N) is 1. The summed E-state index contributed by atoms with van der Waals surface area (Å²) >= 11 is 12.8. The van der Waals surface area contributed by atoms with Gasteiger partial charge in [0.25, 0.3) is 5.91 Å². The van der Waals surface area contributed by atoms with Crippen molar-refractivity contribution in [2.45, 2.75) is 106 Å². The third-order valence-corrected chi connectivity index (χ3v) is 15.0. The first-order chi connectivity index (χ1) is 33.3. The molecule has 4 heterocycles. The number of amides is 5. The molecule has 0 bridgehead atoms. The first kappa shape index (κ1) is 48.2. The minimum absolute atomic E-state index is 0.0618. The molecule has 4 aromatic carbocycles. The zero-order valence-corrected chi connectivity index (χ0v) is 39.3. The van der Waals surface area contributed by atoms with Crippen LogP contribution in [0.25, 0.3) is 0 Å². The molecule has 9 rings (SSSR count). The van der Waals surface area contributed by atoms with E-state index in [1.807, 2.05) is 0 Å². The molecule has 1 aliphatic carbocycles. The molecule has 1 saturated carbocycles. The number of halogens is 3. The van der Waals surface area contributed by atoms with Gasteiger partial charge < -0.3 is 25.0 Å². The van der Waals surface area contributed by atoms with Crippen LogP contribution >= 0.6 is 23.2 Å². The van der Waals surface area contributed by atoms with Crippen LogP contribution < -0.4 is 21.3 Å². The molecule has 5 aliphatic rings. The Bertz CT molecular complexity index is 2730. The van der Waals surface area contributed by atoms with Gasteiger partial charge in [0.2, 0.25) is 23.6 Å². The molecule has 1 unspecified atom stereocenters. The van der Waals surface area contributed by atoms with E-state index in [2.05, 4.69) is 21.3 Å². The van der Waals surface area contributed by atoms with Crippen molar-refractivity contribution >= 4 is 75.7 Å². The first-order valence-electron chi connectivity index (χ1n) is 23.5. The van der Waals surface area contributed by atoms with E-state index in [0.29, 0.717) is 59.0 Å². The van der Waals surface area contributed by atoms with Crippen LogP contribution in [-0.4, -0.2) is 90.1 Å². The van der Waals surface area contributed by atoms with Crippen molar-refractivity contribution < 1.29 is 47.4 Å². The van der Waals surface area contributed by atoms with E-state index in [1.54, 1.807) is 72.8 Å². The molecule has 360 valence electrons. The second-order valence-corrected chi connectivity index (χ2v) is 19.3. The maximum atomic E-state index is 16.2. The quantitative estimate of drug-likeness (QED) is 0.0472. The Labute approximate surface area is 408 Å². The molecule has 69 heavy (non-hydrogen) atoms. The lowest BCUT2D eigenvalue weighted by atomic mass is 9.55. The van der Waals surface area contributed by atoms with E-state index in [4.69, 9.17) is 32.7 Å². The molecule has 17 heteroatoms. The Hall–Kier alpha value is -5.84. The zero-order valence-electron chi connectivity index (χ0n) is 37.8. The summed E-state index contributed by atoms with van der Waals surface area (Å²) in [6, 6.07) is 19.9. The summed E-state index contributed by atoms with van der Waals surface area (Å²) in [5.41, 5.74) is 1.89. The molecule has 5 amide bonds. The van der Waals surface area contributed by atoms with Crippen molar-refractivity contribution in [1.29, 1.82) is 0 Å². The number of ether oxygens (including phenoxy) is 2. The highest BCUT2D eigenvalue weighted by Gasteiger charge is 2.72. The number of Topliss-reactive ketones (excluding diaryl/α,β-unsaturated/α-hetero) is 2. The van der Waals surface area contributed by atoms with Crippen molar-refractivity contribution in [3.63, 3.8) is 0 Å². The Balaban J connectivity index is 0.741. The highest BCUT2D eigenvalue weighted by atomic mass is 35.5. The summed E-state index contributed by atoms with van der Waals surface area (Å²) in [5.74, 6) is -3.76. The number of carbonyl (C=O) groups excluding carboxylic acids is 7. The van der Waals surface area contributed by atoms with Crippen LogP contribution in [0.5, 0.6) is 0 Å². The molecule has 3 fully saturated rings. The van der Waals surface area contributed by atoms with E-state index < -0.39 is 46.6 Å². The fourth-order valence-electron chi connectivity index (χ4n) is 11.3. The number of ketones is 2. The molecule has 0 aromatic heterocycles. The molecule has 14 nitrogen and oxygen atoms in total. The van der Waals surface area contributed by atoms with Crippen LogP contribution in [0.15, 0.2) is 78.9 Å². The minimum atomic E-state index is -1.36. The third kappa shape index (κ3) is 9.23. The van der Waals surface area contributed by atoms with Gasteiger partial charge in [-0.1, -0.05) is 72.8 Å². The molecule has 2 spiro atoms. The number of fused-ring (bicyclic) bond motifs is 4. The summed E-state index contributed by atoms with van der Waals surface area (Å²) in [7, 11) is 0. The summed E-state index contributed by atoms with van der Waals surface area (Å²) in [4.78, 5) is 93.8. The highest BCUT2D eigenvalue weighted by molar-refractivity contribution is 6.31. The smallest absolute Gasteiger partial charge is 0.255 e. The van der Waals surface area contributed by atoms with Gasteiger partial charge in [0.1, 0.15) is 23.1 Å². The molecule has 4 aromatic rings. The minimum Gasteiger partial charge on any atom is -0.379 e. The second kappa shape index (κ2) is 20.2. The molecular weight excluding hydrogens is 929 g/mol. The number of rotatable bonds is 17. The van der Waals surface area contributed by atoms with Crippen LogP contribution in [0.3, 0.4) is 0 Å². The molecule has 0 radical (unpaired) electrons. The van der Waals surface area contributed by atoms with Gasteiger partial charge in [-0.3, -0.25) is 44.2 Å². The standard InChI is InChI=1S/C52H52Cl2FN5O9/c53-32-14-17-38-40(28-32)57-50(67)52(38)44(36-9-5-10-39(54)45(36)55)46(59-51(52)21-2-1-3-22-51)48(65)56-33-15-12-30(13-16-33)42(62)11-6-23-68-25-26-69-24-20-34(61)27-31-7-4-8-35-37(31)29-60(49(35)66)41-18-19-43(63)58-47(41)64/h4-5,7-10,12-17,28,41,44,46,59H,1-3,6,11,18-27,29H2,(H,56,65)(H,57,67)(H,58,63,64)/t41?,44-,46+,52+/m0/s1. The van der Waals surface area contributed by atoms with E-state index in [0.717, 1.165) is 30.4 Å². The van der Waals surface area contributed by atoms with Crippen molar-refractivity contribution in [2.24, 2.45) is 0 Å². The van der Waals surface area contributed by atoms with Gasteiger partial charge in [-0.2, -0.15) is 0 Å². The predicted molar refractivity (Wildman–Crippen MR) is 255 cm³/mol. The second-order valence-electron chi connectivity index (χ2n) is 18.5. The van der Waals surface area contributed by atoms with Crippen LogP contribution in [-0.2, 0) is 51.8 Å². The predicted octanol–water partition coefficient (Wildman–Crippen LogP) is 7.38. The van der Waals surface area contributed by atoms with Crippen molar-refractivity contribution in [1.82, 2.24) is 15.5 Å². The van der Waals surface area contributed by atoms with E-state index in [1.165, 1.54) is 11.0 Å². The third-order valence-electron chi connectivity index (χ3n) is 14.4. The number of benzene rings is 4. The number of carbonyl (C=O) groups is 7. The lowest BCUT2D eigenvalue weighted by Gasteiger charge is -2.47. The van der Waals surface area contributed by atoms with Gasteiger partial charge in [-0.25, -0.2) is 4.39 Å². The highest BCUT2D eigenvalue weighted by Crippen LogP contribution is 2.63. The SMILES string of the molecule is O=C(CCOCCOCCCC(=O)c1ccc(NC(=O)[C@@H]2NC3(CCCCC3)[C@@]3(C(=O)Nc4cc(Cl)ccc43)[C@H]2c2cccc(Cl)c2F)cc1)Cc1cccc2c1CN(C1CCC(=O)NC1=O)C2=O. The van der Waals surface area contributed by atoms with Gasteiger partial charge in [0.15, 0.2) is 5.78 Å². The molecule has 4 atom stereocenters. The van der Waals surface area contributed by atoms with Crippen LogP contribution in [0.4, 0.5) is 15.8 Å². The monoisotopic (exact) mass is 979 g/mol. The van der Waals surface area contributed by atoms with Gasteiger partial charge in [-0.05, 0) is 96.5 Å². The average Bonchev–Trinajstić information content (AvgIpc) is 3.93. The Morgan fingerprint density at radius 2 is 1.59 bits per heavy atom. The van der Waals surface area contributed by atoms with Crippen molar-refractivity contribution in [3.05, 3.63) is 128 Å². The summed E-state index contributed by atoms with van der Waals surface area (Å²) in [5, 5.41) is 12.3. The number of imide groups is 1. The van der Waals surface area contributed by atoms with Gasteiger partial charge in [0.05, 0.1) is 30.9 Å². The lowest BCUT2D eigenvalue weighted by Crippen LogP contribution is -2.60. The average molecular weight is 981 g/mol. The molecular formula is C52H52Cl2FN5O9. The first-order valence-corrected chi connectivity index (χ1v) is 24.3. The number of hydrogen-bond donors (Lipinski definition) is 4. The molecule has 4 N–H and O–H groups in total.